The van der Waals surface area contributed by atoms with Gasteiger partial charge in [0.1, 0.15) is 0 Å². The molecule has 0 unspecified atom stereocenters. The van der Waals surface area contributed by atoms with Crippen molar-refractivity contribution in [3.63, 3.8) is 0 Å². The molecule has 1 aromatic rings. The van der Waals surface area contributed by atoms with Gasteiger partial charge in [0.2, 0.25) is 0 Å². The van der Waals surface area contributed by atoms with Gasteiger partial charge in [-0.05, 0) is 44.7 Å². The molecule has 12 heavy (non-hydrogen) atoms. The molecule has 2 rings (SSSR count). The molecule has 1 N–H and O–H groups in total. The molecule has 1 saturated carbocycles. The molecule has 4 heteroatoms. The summed E-state index contributed by atoms with van der Waals surface area (Å²) in [7, 11) is 0. The van der Waals surface area contributed by atoms with Crippen LogP contribution in [0.15, 0.2) is 21.3 Å². The van der Waals surface area contributed by atoms with E-state index in [-0.39, 0.29) is 0 Å². The highest BCUT2D eigenvalue weighted by Crippen LogP contribution is 2.34. The Morgan fingerprint density at radius 2 is 1.83 bits per heavy atom. The van der Waals surface area contributed by atoms with E-state index in [1.54, 1.807) is 12.4 Å². The van der Waals surface area contributed by atoms with E-state index in [1.807, 2.05) is 0 Å². The van der Waals surface area contributed by atoms with Crippen molar-refractivity contribution in [2.75, 3.05) is 5.32 Å². The number of hydrogen-bond acceptors (Lipinski definition) is 2. The Kier molecular flexibility index (Phi) is 2.37. The van der Waals surface area contributed by atoms with Crippen molar-refractivity contribution in [2.45, 2.75) is 18.9 Å². The zero-order valence-electron chi connectivity index (χ0n) is 6.35. The number of pyridine rings is 1. The van der Waals surface area contributed by atoms with Crippen LogP contribution in [0.5, 0.6) is 0 Å². The predicted octanol–water partition coefficient (Wildman–Crippen LogP) is 3.18. The van der Waals surface area contributed by atoms with Crippen LogP contribution in [-0.4, -0.2) is 11.0 Å². The van der Waals surface area contributed by atoms with Crippen molar-refractivity contribution < 1.29 is 0 Å². The molecule has 0 aromatic carbocycles. The van der Waals surface area contributed by atoms with Crippen molar-refractivity contribution in [2.24, 2.45) is 0 Å². The first-order chi connectivity index (χ1) is 5.77. The average Bonchev–Trinajstić information content (AvgIpc) is 2.80. The number of hydrogen-bond donors (Lipinski definition) is 1. The van der Waals surface area contributed by atoms with Crippen LogP contribution < -0.4 is 5.32 Å². The van der Waals surface area contributed by atoms with E-state index in [4.69, 9.17) is 0 Å². The fourth-order valence-corrected chi connectivity index (χ4v) is 2.14. The zero-order valence-corrected chi connectivity index (χ0v) is 9.52. The van der Waals surface area contributed by atoms with Crippen LogP contribution in [-0.2, 0) is 0 Å². The van der Waals surface area contributed by atoms with Gasteiger partial charge >= 0.3 is 0 Å². The summed E-state index contributed by atoms with van der Waals surface area (Å²) in [6, 6.07) is 0.667. The number of rotatable bonds is 2. The molecule has 0 atom stereocenters. The molecule has 1 fully saturated rings. The Hall–Kier alpha value is -0.0900. The summed E-state index contributed by atoms with van der Waals surface area (Å²) in [6.07, 6.45) is 6.16. The molecule has 0 amide bonds. The summed E-state index contributed by atoms with van der Waals surface area (Å²) in [5.41, 5.74) is 1.12. The Morgan fingerprint density at radius 3 is 2.33 bits per heavy atom. The monoisotopic (exact) mass is 290 g/mol. The second-order valence-electron chi connectivity index (χ2n) is 2.90. The number of nitrogens with one attached hydrogen (secondary N) is 1. The van der Waals surface area contributed by atoms with Crippen molar-refractivity contribution >= 4 is 37.5 Å². The van der Waals surface area contributed by atoms with E-state index in [1.165, 1.54) is 12.8 Å². The predicted molar refractivity (Wildman–Crippen MR) is 56.3 cm³/mol. The van der Waals surface area contributed by atoms with Crippen molar-refractivity contribution in [1.82, 2.24) is 4.98 Å². The van der Waals surface area contributed by atoms with E-state index in [9.17, 15) is 0 Å². The first-order valence-electron chi connectivity index (χ1n) is 3.83. The van der Waals surface area contributed by atoms with E-state index in [2.05, 4.69) is 42.2 Å². The van der Waals surface area contributed by atoms with Crippen LogP contribution in [0.2, 0.25) is 0 Å². The van der Waals surface area contributed by atoms with Crippen molar-refractivity contribution in [1.29, 1.82) is 0 Å². The second kappa shape index (κ2) is 3.34. The summed E-state index contributed by atoms with van der Waals surface area (Å²) < 4.78 is 2.03. The quantitative estimate of drug-likeness (QED) is 0.905. The lowest BCUT2D eigenvalue weighted by atomic mass is 10.4. The molecule has 1 aliphatic rings. The van der Waals surface area contributed by atoms with E-state index in [0.29, 0.717) is 6.04 Å². The fourth-order valence-electron chi connectivity index (χ4n) is 0.981. The van der Waals surface area contributed by atoms with Crippen molar-refractivity contribution in [3.8, 4) is 0 Å². The topological polar surface area (TPSA) is 24.9 Å². The van der Waals surface area contributed by atoms with Gasteiger partial charge < -0.3 is 5.32 Å². The van der Waals surface area contributed by atoms with Gasteiger partial charge in [0.05, 0.1) is 14.6 Å². The van der Waals surface area contributed by atoms with Crippen LogP contribution >= 0.6 is 31.9 Å². The summed E-state index contributed by atoms with van der Waals surface area (Å²) in [5, 5.41) is 3.42. The SMILES string of the molecule is Brc1cncc(Br)c1NC1CC1. The highest BCUT2D eigenvalue weighted by molar-refractivity contribution is 9.11. The molecule has 0 spiro atoms. The molecule has 1 aliphatic carbocycles. The number of halogens is 2. The molecule has 0 aliphatic heterocycles. The molecule has 0 radical (unpaired) electrons. The van der Waals surface area contributed by atoms with E-state index < -0.39 is 0 Å². The number of anilines is 1. The summed E-state index contributed by atoms with van der Waals surface area (Å²) in [5.74, 6) is 0. The third kappa shape index (κ3) is 1.80. The van der Waals surface area contributed by atoms with Crippen molar-refractivity contribution in [3.05, 3.63) is 21.3 Å². The highest BCUT2D eigenvalue weighted by Gasteiger charge is 2.22. The third-order valence-electron chi connectivity index (χ3n) is 1.78. The van der Waals surface area contributed by atoms with Crippen LogP contribution in [0.1, 0.15) is 12.8 Å². The summed E-state index contributed by atoms with van der Waals surface area (Å²) >= 11 is 6.90. The van der Waals surface area contributed by atoms with E-state index in [0.717, 1.165) is 14.6 Å². The molecule has 0 saturated heterocycles. The Bertz CT molecular complexity index is 277. The maximum Gasteiger partial charge on any atom is 0.0662 e. The lowest BCUT2D eigenvalue weighted by Crippen LogP contribution is -2.02. The summed E-state index contributed by atoms with van der Waals surface area (Å²) in [6.45, 7) is 0. The first kappa shape index (κ1) is 8.51. The van der Waals surface area contributed by atoms with Gasteiger partial charge in [0.15, 0.2) is 0 Å². The van der Waals surface area contributed by atoms with Gasteiger partial charge in [0, 0.05) is 18.4 Å². The molecular weight excluding hydrogens is 284 g/mol. The zero-order chi connectivity index (χ0) is 8.55. The standard InChI is InChI=1S/C8H8Br2N2/c9-6-3-11-4-7(10)8(6)12-5-1-2-5/h3-5H,1-2H2,(H,11,12). The largest absolute Gasteiger partial charge is 0.380 e. The highest BCUT2D eigenvalue weighted by atomic mass is 79.9. The average molecular weight is 292 g/mol. The molecule has 2 nitrogen and oxygen atoms in total. The molecule has 1 aromatic heterocycles. The minimum Gasteiger partial charge on any atom is -0.380 e. The third-order valence-corrected chi connectivity index (χ3v) is 2.98. The first-order valence-corrected chi connectivity index (χ1v) is 5.41. The van der Waals surface area contributed by atoms with Crippen LogP contribution in [0.4, 0.5) is 5.69 Å². The Labute approximate surface area is 88.0 Å². The molecule has 64 valence electrons. The van der Waals surface area contributed by atoms with Crippen LogP contribution in [0.3, 0.4) is 0 Å². The van der Waals surface area contributed by atoms with Gasteiger partial charge in [-0.15, -0.1) is 0 Å². The minimum absolute atomic E-state index is 0.667. The number of aromatic nitrogens is 1. The summed E-state index contributed by atoms with van der Waals surface area (Å²) in [4.78, 5) is 4.04. The van der Waals surface area contributed by atoms with Gasteiger partial charge in [-0.25, -0.2) is 0 Å². The van der Waals surface area contributed by atoms with Crippen LogP contribution in [0, 0.1) is 0 Å². The molecule has 1 heterocycles. The van der Waals surface area contributed by atoms with Gasteiger partial charge in [-0.3, -0.25) is 4.98 Å². The molecular formula is C8H8Br2N2. The normalized spacial score (nSPS) is 16.2. The maximum absolute atomic E-state index is 4.04. The Morgan fingerprint density at radius 1 is 1.25 bits per heavy atom. The Balaban J connectivity index is 2.26. The van der Waals surface area contributed by atoms with E-state index >= 15 is 0 Å². The fraction of sp³-hybridized carbons (Fsp3) is 0.375. The maximum atomic E-state index is 4.04. The minimum atomic E-state index is 0.667. The smallest absolute Gasteiger partial charge is 0.0662 e. The number of nitrogens with zero attached hydrogens (tertiary/aromatic N) is 1. The van der Waals surface area contributed by atoms with Crippen LogP contribution in [0.25, 0.3) is 0 Å². The lowest BCUT2D eigenvalue weighted by Gasteiger charge is -2.08. The van der Waals surface area contributed by atoms with Gasteiger partial charge in [0.25, 0.3) is 0 Å². The lowest BCUT2D eigenvalue weighted by molar-refractivity contribution is 1.13. The van der Waals surface area contributed by atoms with Gasteiger partial charge in [-0.1, -0.05) is 0 Å². The second-order valence-corrected chi connectivity index (χ2v) is 4.61. The molecule has 0 bridgehead atoms. The van der Waals surface area contributed by atoms with Gasteiger partial charge in [-0.2, -0.15) is 0 Å².